The number of imide groups is 1. The van der Waals surface area contributed by atoms with Crippen LogP contribution in [0.1, 0.15) is 30.9 Å². The molecule has 1 aliphatic carbocycles. The van der Waals surface area contributed by atoms with Gasteiger partial charge in [0.25, 0.3) is 0 Å². The van der Waals surface area contributed by atoms with Gasteiger partial charge in [0.1, 0.15) is 6.04 Å². The first kappa shape index (κ1) is 14.4. The minimum absolute atomic E-state index is 0.241. The lowest BCUT2D eigenvalue weighted by Gasteiger charge is -2.17. The number of carbonyl (C=O) groups excluding carboxylic acids is 2. The molecule has 0 aromatic heterocycles. The minimum Gasteiger partial charge on any atom is -0.374 e. The number of hydrogen-bond donors (Lipinski definition) is 3. The molecule has 0 saturated heterocycles. The zero-order chi connectivity index (χ0) is 14.7. The van der Waals surface area contributed by atoms with E-state index < -0.39 is 12.1 Å². The molecule has 0 radical (unpaired) electrons. The van der Waals surface area contributed by atoms with E-state index in [1.54, 1.807) is 6.92 Å². The highest BCUT2D eigenvalue weighted by molar-refractivity contribution is 5.98. The summed E-state index contributed by atoms with van der Waals surface area (Å²) in [4.78, 5) is 23.4. The molecule has 5 heteroatoms. The molecule has 0 aliphatic heterocycles. The fourth-order valence-electron chi connectivity index (χ4n) is 1.88. The number of nitrogens with one attached hydrogen (secondary N) is 3. The van der Waals surface area contributed by atoms with Crippen LogP contribution >= 0.6 is 0 Å². The molecule has 3 amide bonds. The van der Waals surface area contributed by atoms with Crippen molar-refractivity contribution in [3.63, 3.8) is 0 Å². The smallest absolute Gasteiger partial charge is 0.321 e. The van der Waals surface area contributed by atoms with Gasteiger partial charge in [0.2, 0.25) is 5.91 Å². The van der Waals surface area contributed by atoms with Crippen LogP contribution in [0.5, 0.6) is 0 Å². The standard InChI is InChI=1S/C15H21N3O2/c1-9-5-4-6-13(10(9)2)16-11(3)14(19)18-15(20)17-12-7-8-12/h4-6,11-12,16H,7-8H2,1-3H3,(H2,17,18,19,20). The second-order valence-corrected chi connectivity index (χ2v) is 5.35. The molecular weight excluding hydrogens is 254 g/mol. The number of carbonyl (C=O) groups is 2. The largest absolute Gasteiger partial charge is 0.374 e. The van der Waals surface area contributed by atoms with Gasteiger partial charge in [0.05, 0.1) is 0 Å². The molecule has 1 unspecified atom stereocenters. The fraction of sp³-hybridized carbons (Fsp3) is 0.467. The highest BCUT2D eigenvalue weighted by Crippen LogP contribution is 2.19. The first-order valence-corrected chi connectivity index (χ1v) is 6.91. The lowest BCUT2D eigenvalue weighted by Crippen LogP contribution is -2.46. The first-order chi connectivity index (χ1) is 9.47. The Bertz CT molecular complexity index is 524. The molecule has 1 atom stereocenters. The maximum atomic E-state index is 11.9. The summed E-state index contributed by atoms with van der Waals surface area (Å²) in [6.07, 6.45) is 2.00. The van der Waals surface area contributed by atoms with E-state index in [1.807, 2.05) is 32.0 Å². The Morgan fingerprint density at radius 1 is 1.25 bits per heavy atom. The van der Waals surface area contributed by atoms with Crippen molar-refractivity contribution in [2.45, 2.75) is 45.7 Å². The second-order valence-electron chi connectivity index (χ2n) is 5.35. The number of amides is 3. The summed E-state index contributed by atoms with van der Waals surface area (Å²) in [5.74, 6) is -0.330. The third kappa shape index (κ3) is 3.73. The van der Waals surface area contributed by atoms with E-state index in [4.69, 9.17) is 0 Å². The molecule has 0 spiro atoms. The van der Waals surface area contributed by atoms with Crippen molar-refractivity contribution in [1.82, 2.24) is 10.6 Å². The molecule has 1 aromatic rings. The zero-order valence-corrected chi connectivity index (χ0v) is 12.1. The Morgan fingerprint density at radius 2 is 1.95 bits per heavy atom. The quantitative estimate of drug-likeness (QED) is 0.788. The van der Waals surface area contributed by atoms with Gasteiger partial charge in [0, 0.05) is 11.7 Å². The predicted molar refractivity (Wildman–Crippen MR) is 78.7 cm³/mol. The lowest BCUT2D eigenvalue weighted by atomic mass is 10.1. The van der Waals surface area contributed by atoms with Crippen molar-refractivity contribution in [2.24, 2.45) is 0 Å². The molecule has 0 heterocycles. The Morgan fingerprint density at radius 3 is 2.60 bits per heavy atom. The highest BCUT2D eigenvalue weighted by Gasteiger charge is 2.25. The van der Waals surface area contributed by atoms with Crippen LogP contribution in [-0.4, -0.2) is 24.0 Å². The number of hydrogen-bond acceptors (Lipinski definition) is 3. The maximum Gasteiger partial charge on any atom is 0.321 e. The van der Waals surface area contributed by atoms with Gasteiger partial charge < -0.3 is 10.6 Å². The van der Waals surface area contributed by atoms with E-state index in [2.05, 4.69) is 16.0 Å². The monoisotopic (exact) mass is 275 g/mol. The van der Waals surface area contributed by atoms with Gasteiger partial charge in [-0.1, -0.05) is 12.1 Å². The molecule has 1 aromatic carbocycles. The van der Waals surface area contributed by atoms with E-state index in [0.29, 0.717) is 0 Å². The third-order valence-corrected chi connectivity index (χ3v) is 3.52. The van der Waals surface area contributed by atoms with Crippen LogP contribution in [0.2, 0.25) is 0 Å². The number of rotatable bonds is 4. The first-order valence-electron chi connectivity index (χ1n) is 6.91. The van der Waals surface area contributed by atoms with Gasteiger partial charge in [0.15, 0.2) is 0 Å². The molecule has 1 fully saturated rings. The Labute approximate surface area is 119 Å². The van der Waals surface area contributed by atoms with Crippen LogP contribution in [0.4, 0.5) is 10.5 Å². The average Bonchev–Trinajstić information content (AvgIpc) is 3.18. The van der Waals surface area contributed by atoms with Crippen molar-refractivity contribution in [3.05, 3.63) is 29.3 Å². The van der Waals surface area contributed by atoms with Gasteiger partial charge >= 0.3 is 6.03 Å². The van der Waals surface area contributed by atoms with E-state index >= 15 is 0 Å². The summed E-state index contributed by atoms with van der Waals surface area (Å²) in [5, 5.41) is 8.21. The third-order valence-electron chi connectivity index (χ3n) is 3.52. The van der Waals surface area contributed by atoms with Crippen LogP contribution in [-0.2, 0) is 4.79 Å². The SMILES string of the molecule is Cc1cccc(NC(C)C(=O)NC(=O)NC2CC2)c1C. The number of benzene rings is 1. The molecule has 5 nitrogen and oxygen atoms in total. The summed E-state index contributed by atoms with van der Waals surface area (Å²) in [6.45, 7) is 5.76. The summed E-state index contributed by atoms with van der Waals surface area (Å²) in [5.41, 5.74) is 3.18. The Hall–Kier alpha value is -2.04. The lowest BCUT2D eigenvalue weighted by molar-refractivity contribution is -0.120. The van der Waals surface area contributed by atoms with Crippen molar-refractivity contribution in [3.8, 4) is 0 Å². The van der Waals surface area contributed by atoms with Gasteiger partial charge in [-0.2, -0.15) is 0 Å². The zero-order valence-electron chi connectivity index (χ0n) is 12.1. The molecule has 20 heavy (non-hydrogen) atoms. The van der Waals surface area contributed by atoms with Crippen LogP contribution in [0.3, 0.4) is 0 Å². The van der Waals surface area contributed by atoms with E-state index in [-0.39, 0.29) is 11.9 Å². The van der Waals surface area contributed by atoms with Gasteiger partial charge in [-0.25, -0.2) is 4.79 Å². The van der Waals surface area contributed by atoms with E-state index in [9.17, 15) is 9.59 Å². The van der Waals surface area contributed by atoms with Crippen LogP contribution in [0, 0.1) is 13.8 Å². The number of urea groups is 1. The van der Waals surface area contributed by atoms with Crippen molar-refractivity contribution in [2.75, 3.05) is 5.32 Å². The fourth-order valence-corrected chi connectivity index (χ4v) is 1.88. The van der Waals surface area contributed by atoms with Crippen molar-refractivity contribution < 1.29 is 9.59 Å². The minimum atomic E-state index is -0.472. The summed E-state index contributed by atoms with van der Waals surface area (Å²) >= 11 is 0. The molecule has 0 bridgehead atoms. The normalized spacial score (nSPS) is 15.3. The maximum absolute atomic E-state index is 11.9. The van der Waals surface area contributed by atoms with E-state index in [0.717, 1.165) is 29.7 Å². The topological polar surface area (TPSA) is 70.2 Å². The van der Waals surface area contributed by atoms with Crippen LogP contribution < -0.4 is 16.0 Å². The number of anilines is 1. The molecule has 3 N–H and O–H groups in total. The van der Waals surface area contributed by atoms with E-state index in [1.165, 1.54) is 0 Å². The number of aryl methyl sites for hydroxylation is 1. The Balaban J connectivity index is 1.89. The van der Waals surface area contributed by atoms with Crippen LogP contribution in [0.25, 0.3) is 0 Å². The summed E-state index contributed by atoms with van der Waals surface area (Å²) in [6, 6.07) is 5.25. The van der Waals surface area contributed by atoms with Crippen molar-refractivity contribution in [1.29, 1.82) is 0 Å². The van der Waals surface area contributed by atoms with Crippen LogP contribution in [0.15, 0.2) is 18.2 Å². The van der Waals surface area contributed by atoms with Gasteiger partial charge in [-0.15, -0.1) is 0 Å². The molecule has 2 rings (SSSR count). The average molecular weight is 275 g/mol. The molecule has 108 valence electrons. The van der Waals surface area contributed by atoms with Gasteiger partial charge in [-0.05, 0) is 50.8 Å². The molecule has 1 aliphatic rings. The van der Waals surface area contributed by atoms with Crippen molar-refractivity contribution >= 4 is 17.6 Å². The van der Waals surface area contributed by atoms with Gasteiger partial charge in [-0.3, -0.25) is 10.1 Å². The molecular formula is C15H21N3O2. The summed E-state index contributed by atoms with van der Waals surface area (Å²) < 4.78 is 0. The highest BCUT2D eigenvalue weighted by atomic mass is 16.2. The predicted octanol–water partition coefficient (Wildman–Crippen LogP) is 2.09. The summed E-state index contributed by atoms with van der Waals surface area (Å²) in [7, 11) is 0. The second kappa shape index (κ2) is 5.94. The Kier molecular flexibility index (Phi) is 4.27. The molecule has 1 saturated carbocycles.